The van der Waals surface area contributed by atoms with Gasteiger partial charge in [0.1, 0.15) is 0 Å². The molecule has 0 aromatic heterocycles. The number of ether oxygens (including phenoxy) is 3. The van der Waals surface area contributed by atoms with E-state index in [1.165, 1.54) is 0 Å². The van der Waals surface area contributed by atoms with E-state index in [0.29, 0.717) is 18.6 Å². The number of hydrogen-bond acceptors (Lipinski definition) is 7. The van der Waals surface area contributed by atoms with Gasteiger partial charge in [-0.15, -0.1) is 0 Å². The van der Waals surface area contributed by atoms with Gasteiger partial charge in [0.25, 0.3) is 10.1 Å². The summed E-state index contributed by atoms with van der Waals surface area (Å²) in [5, 5.41) is 0. The predicted octanol–water partition coefficient (Wildman–Crippen LogP) is 1.98. The molecule has 1 aliphatic heterocycles. The second-order valence-corrected chi connectivity index (χ2v) is 8.84. The van der Waals surface area contributed by atoms with Crippen molar-refractivity contribution in [1.29, 1.82) is 0 Å². The van der Waals surface area contributed by atoms with Crippen LogP contribution in [0.5, 0.6) is 0 Å². The van der Waals surface area contributed by atoms with Gasteiger partial charge in [0.15, 0.2) is 5.79 Å². The minimum Gasteiger partial charge on any atom is -0.462 e. The average Bonchev–Trinajstić information content (AvgIpc) is 2.88. The molecule has 4 atom stereocenters. The third kappa shape index (κ3) is 4.62. The highest BCUT2D eigenvalue weighted by Crippen LogP contribution is 2.44. The number of carbonyl (C=O) groups is 1. The van der Waals surface area contributed by atoms with Gasteiger partial charge in [-0.25, -0.2) is 4.79 Å². The maximum atomic E-state index is 12.1. The van der Waals surface area contributed by atoms with Crippen molar-refractivity contribution in [3.8, 4) is 0 Å². The molecular weight excluding hydrogens is 360 g/mol. The fraction of sp³-hybridized carbons (Fsp3) is 0.611. The highest BCUT2D eigenvalue weighted by Gasteiger charge is 2.52. The second-order valence-electron chi connectivity index (χ2n) is 7.24. The van der Waals surface area contributed by atoms with E-state index in [-0.39, 0.29) is 24.5 Å². The third-order valence-corrected chi connectivity index (χ3v) is 5.30. The van der Waals surface area contributed by atoms with Gasteiger partial charge >= 0.3 is 5.97 Å². The lowest BCUT2D eigenvalue weighted by molar-refractivity contribution is -0.169. The van der Waals surface area contributed by atoms with Crippen LogP contribution in [0.15, 0.2) is 30.3 Å². The fourth-order valence-corrected chi connectivity index (χ4v) is 4.17. The van der Waals surface area contributed by atoms with Crippen LogP contribution in [-0.4, -0.2) is 51.9 Å². The highest BCUT2D eigenvalue weighted by molar-refractivity contribution is 7.86. The molecule has 0 spiro atoms. The molecule has 1 aromatic carbocycles. The van der Waals surface area contributed by atoms with Gasteiger partial charge in [0, 0.05) is 11.8 Å². The van der Waals surface area contributed by atoms with Crippen molar-refractivity contribution in [2.45, 2.75) is 38.3 Å². The van der Waals surface area contributed by atoms with E-state index >= 15 is 0 Å². The van der Waals surface area contributed by atoms with Crippen LogP contribution in [0.2, 0.25) is 0 Å². The van der Waals surface area contributed by atoms with Gasteiger partial charge < -0.3 is 14.2 Å². The SMILES string of the molecule is CC1(C)OC[C@H]([C@@H]2[C@@H](COC(=O)c3ccccc3)C[C@@H]2OS(C)(=O)=O)O1. The first-order valence-electron chi connectivity index (χ1n) is 8.57. The molecule has 2 aliphatic rings. The summed E-state index contributed by atoms with van der Waals surface area (Å²) in [4.78, 5) is 12.1. The molecule has 1 saturated carbocycles. The van der Waals surface area contributed by atoms with Crippen molar-refractivity contribution in [3.05, 3.63) is 35.9 Å². The lowest BCUT2D eigenvalue weighted by Crippen LogP contribution is -2.53. The summed E-state index contributed by atoms with van der Waals surface area (Å²) in [6.07, 6.45) is 0.724. The topological polar surface area (TPSA) is 88.1 Å². The Labute approximate surface area is 153 Å². The largest absolute Gasteiger partial charge is 0.462 e. The Bertz CT molecular complexity index is 744. The molecule has 1 heterocycles. The molecule has 3 rings (SSSR count). The molecule has 7 nitrogen and oxygen atoms in total. The lowest BCUT2D eigenvalue weighted by Gasteiger charge is -2.45. The summed E-state index contributed by atoms with van der Waals surface area (Å²) in [5.41, 5.74) is 0.480. The van der Waals surface area contributed by atoms with Crippen LogP contribution in [0.3, 0.4) is 0 Å². The molecule has 144 valence electrons. The summed E-state index contributed by atoms with van der Waals surface area (Å²) in [5.74, 6) is -1.38. The molecule has 8 heteroatoms. The van der Waals surface area contributed by atoms with Crippen LogP contribution in [0, 0.1) is 11.8 Å². The van der Waals surface area contributed by atoms with Gasteiger partial charge in [0.2, 0.25) is 0 Å². The van der Waals surface area contributed by atoms with Crippen molar-refractivity contribution >= 4 is 16.1 Å². The summed E-state index contributed by atoms with van der Waals surface area (Å²) >= 11 is 0. The zero-order valence-electron chi connectivity index (χ0n) is 15.1. The standard InChI is InChI=1S/C18H24O7S/c1-18(2)23-11-15(24-18)16-13(9-14(16)25-26(3,20)21)10-22-17(19)12-7-5-4-6-8-12/h4-8,13-16H,9-11H2,1-3H3/t13-,14+,15-,16-/m1/s1. The first-order chi connectivity index (χ1) is 12.1. The Morgan fingerprint density at radius 2 is 1.96 bits per heavy atom. The van der Waals surface area contributed by atoms with Crippen molar-refractivity contribution in [1.82, 2.24) is 0 Å². The van der Waals surface area contributed by atoms with E-state index < -0.39 is 28.0 Å². The molecule has 1 aromatic rings. The summed E-state index contributed by atoms with van der Waals surface area (Å²) in [7, 11) is -3.58. The van der Waals surface area contributed by atoms with Crippen molar-refractivity contribution in [3.63, 3.8) is 0 Å². The number of rotatable bonds is 6. The minimum atomic E-state index is -3.58. The number of carbonyl (C=O) groups excluding carboxylic acids is 1. The van der Waals surface area contributed by atoms with Crippen LogP contribution in [-0.2, 0) is 28.5 Å². The third-order valence-electron chi connectivity index (χ3n) is 4.70. The molecule has 2 fully saturated rings. The van der Waals surface area contributed by atoms with E-state index in [2.05, 4.69) is 0 Å². The van der Waals surface area contributed by atoms with Crippen molar-refractivity contribution in [2.24, 2.45) is 11.8 Å². The van der Waals surface area contributed by atoms with E-state index in [1.807, 2.05) is 19.9 Å². The number of esters is 1. The molecule has 0 bridgehead atoms. The fourth-order valence-electron chi connectivity index (χ4n) is 3.52. The molecule has 26 heavy (non-hydrogen) atoms. The Kier molecular flexibility index (Phi) is 5.39. The first kappa shape index (κ1) is 19.3. The summed E-state index contributed by atoms with van der Waals surface area (Å²) in [6.45, 7) is 4.15. The van der Waals surface area contributed by atoms with E-state index in [9.17, 15) is 13.2 Å². The number of hydrogen-bond donors (Lipinski definition) is 0. The lowest BCUT2D eigenvalue weighted by atomic mass is 9.68. The van der Waals surface area contributed by atoms with E-state index in [0.717, 1.165) is 6.26 Å². The Morgan fingerprint density at radius 1 is 1.27 bits per heavy atom. The van der Waals surface area contributed by atoms with Crippen LogP contribution in [0.25, 0.3) is 0 Å². The Hall–Kier alpha value is -1.48. The van der Waals surface area contributed by atoms with Crippen molar-refractivity contribution in [2.75, 3.05) is 19.5 Å². The molecule has 1 saturated heterocycles. The molecule has 0 unspecified atom stereocenters. The average molecular weight is 384 g/mol. The summed E-state index contributed by atoms with van der Waals surface area (Å²) in [6, 6.07) is 8.74. The molecule has 0 amide bonds. The summed E-state index contributed by atoms with van der Waals surface area (Å²) < 4.78 is 45.1. The molecule has 1 aliphatic carbocycles. The quantitative estimate of drug-likeness (QED) is 0.547. The Morgan fingerprint density at radius 3 is 2.54 bits per heavy atom. The normalized spacial score (nSPS) is 30.6. The minimum absolute atomic E-state index is 0.0445. The van der Waals surface area contributed by atoms with E-state index in [4.69, 9.17) is 18.4 Å². The Balaban J connectivity index is 1.63. The maximum Gasteiger partial charge on any atom is 0.338 e. The predicted molar refractivity (Wildman–Crippen MR) is 92.9 cm³/mol. The van der Waals surface area contributed by atoms with Gasteiger partial charge in [-0.05, 0) is 32.4 Å². The maximum absolute atomic E-state index is 12.1. The van der Waals surface area contributed by atoms with Crippen LogP contribution in [0.1, 0.15) is 30.6 Å². The molecular formula is C18H24O7S. The smallest absolute Gasteiger partial charge is 0.338 e. The van der Waals surface area contributed by atoms with E-state index in [1.54, 1.807) is 24.3 Å². The zero-order valence-corrected chi connectivity index (χ0v) is 15.9. The van der Waals surface area contributed by atoms with Crippen LogP contribution < -0.4 is 0 Å². The second kappa shape index (κ2) is 7.26. The van der Waals surface area contributed by atoms with Crippen LogP contribution in [0.4, 0.5) is 0 Å². The molecule has 0 N–H and O–H groups in total. The van der Waals surface area contributed by atoms with Gasteiger partial charge in [-0.1, -0.05) is 18.2 Å². The van der Waals surface area contributed by atoms with Gasteiger partial charge in [-0.2, -0.15) is 8.42 Å². The van der Waals surface area contributed by atoms with Crippen LogP contribution >= 0.6 is 0 Å². The highest BCUT2D eigenvalue weighted by atomic mass is 32.2. The number of benzene rings is 1. The monoisotopic (exact) mass is 384 g/mol. The zero-order chi connectivity index (χ0) is 18.9. The van der Waals surface area contributed by atoms with Gasteiger partial charge in [-0.3, -0.25) is 4.18 Å². The van der Waals surface area contributed by atoms with Crippen molar-refractivity contribution < 1.29 is 31.6 Å². The molecule has 0 radical (unpaired) electrons. The first-order valence-corrected chi connectivity index (χ1v) is 10.4. The van der Waals surface area contributed by atoms with Gasteiger partial charge in [0.05, 0.1) is 37.2 Å².